The molecule has 0 bridgehead atoms. The zero-order valence-electron chi connectivity index (χ0n) is 11.0. The predicted molar refractivity (Wildman–Crippen MR) is 79.1 cm³/mol. The van der Waals surface area contributed by atoms with Gasteiger partial charge in [0.2, 0.25) is 0 Å². The minimum atomic E-state index is 0.516. The molecular formula is C17H20N2. The normalized spacial score (nSPS) is 22.5. The highest BCUT2D eigenvalue weighted by Gasteiger charge is 2.27. The summed E-state index contributed by atoms with van der Waals surface area (Å²) < 4.78 is 0. The molecule has 2 aromatic carbocycles. The second kappa shape index (κ2) is 6.00. The van der Waals surface area contributed by atoms with E-state index in [1.807, 2.05) is 0 Å². The second-order valence-corrected chi connectivity index (χ2v) is 5.15. The van der Waals surface area contributed by atoms with Gasteiger partial charge >= 0.3 is 0 Å². The van der Waals surface area contributed by atoms with Crippen LogP contribution >= 0.6 is 0 Å². The van der Waals surface area contributed by atoms with E-state index in [2.05, 4.69) is 71.3 Å². The van der Waals surface area contributed by atoms with Gasteiger partial charge in [-0.05, 0) is 11.1 Å². The Kier molecular flexibility index (Phi) is 3.92. The van der Waals surface area contributed by atoms with Gasteiger partial charge < -0.3 is 10.6 Å². The van der Waals surface area contributed by atoms with Crippen molar-refractivity contribution in [2.24, 2.45) is 0 Å². The van der Waals surface area contributed by atoms with Crippen molar-refractivity contribution in [1.82, 2.24) is 10.6 Å². The lowest BCUT2D eigenvalue weighted by atomic mass is 9.94. The van der Waals surface area contributed by atoms with Crippen LogP contribution in [0.15, 0.2) is 60.7 Å². The molecule has 2 heteroatoms. The van der Waals surface area contributed by atoms with Gasteiger partial charge in [0.15, 0.2) is 0 Å². The van der Waals surface area contributed by atoms with E-state index in [-0.39, 0.29) is 0 Å². The van der Waals surface area contributed by atoms with Crippen LogP contribution in [0.3, 0.4) is 0 Å². The van der Waals surface area contributed by atoms with E-state index in [9.17, 15) is 0 Å². The Morgan fingerprint density at radius 3 is 2.32 bits per heavy atom. The average Bonchev–Trinajstić information content (AvgIpc) is 2.95. The van der Waals surface area contributed by atoms with Gasteiger partial charge in [-0.1, -0.05) is 60.7 Å². The number of hydrogen-bond acceptors (Lipinski definition) is 2. The van der Waals surface area contributed by atoms with E-state index in [0.29, 0.717) is 12.0 Å². The van der Waals surface area contributed by atoms with E-state index in [4.69, 9.17) is 0 Å². The van der Waals surface area contributed by atoms with Crippen molar-refractivity contribution in [3.8, 4) is 0 Å². The molecule has 0 amide bonds. The van der Waals surface area contributed by atoms with Crippen molar-refractivity contribution >= 4 is 0 Å². The van der Waals surface area contributed by atoms with Crippen LogP contribution in [0.2, 0.25) is 0 Å². The maximum atomic E-state index is 3.68. The van der Waals surface area contributed by atoms with Crippen LogP contribution in [0.5, 0.6) is 0 Å². The SMILES string of the molecule is c1ccc(CNC2CNCC2c2ccccc2)cc1. The molecule has 19 heavy (non-hydrogen) atoms. The molecule has 1 aliphatic heterocycles. The molecule has 0 radical (unpaired) electrons. The van der Waals surface area contributed by atoms with Crippen LogP contribution in [0, 0.1) is 0 Å². The molecule has 1 aliphatic rings. The van der Waals surface area contributed by atoms with Gasteiger partial charge in [-0.15, -0.1) is 0 Å². The molecule has 3 rings (SSSR count). The zero-order valence-corrected chi connectivity index (χ0v) is 11.0. The molecule has 1 heterocycles. The number of nitrogens with one attached hydrogen (secondary N) is 2. The maximum absolute atomic E-state index is 3.68. The molecule has 2 atom stereocenters. The van der Waals surface area contributed by atoms with Crippen molar-refractivity contribution in [3.63, 3.8) is 0 Å². The molecule has 2 aromatic rings. The minimum Gasteiger partial charge on any atom is -0.314 e. The number of benzene rings is 2. The summed E-state index contributed by atoms with van der Waals surface area (Å²) in [5, 5.41) is 7.18. The standard InChI is InChI=1S/C17H20N2/c1-3-7-14(8-4-1)11-19-17-13-18-12-16(17)15-9-5-2-6-10-15/h1-10,16-19H,11-13H2. The minimum absolute atomic E-state index is 0.516. The summed E-state index contributed by atoms with van der Waals surface area (Å²) in [4.78, 5) is 0. The van der Waals surface area contributed by atoms with Gasteiger partial charge in [-0.3, -0.25) is 0 Å². The van der Waals surface area contributed by atoms with Crippen LogP contribution in [0.4, 0.5) is 0 Å². The zero-order chi connectivity index (χ0) is 12.9. The summed E-state index contributed by atoms with van der Waals surface area (Å²) in [6.07, 6.45) is 0. The van der Waals surface area contributed by atoms with Crippen molar-refractivity contribution in [1.29, 1.82) is 0 Å². The third-order valence-corrected chi connectivity index (χ3v) is 3.85. The molecule has 2 N–H and O–H groups in total. The number of rotatable bonds is 4. The summed E-state index contributed by atoms with van der Waals surface area (Å²) in [5.41, 5.74) is 2.78. The third kappa shape index (κ3) is 3.03. The Hall–Kier alpha value is -1.64. The highest BCUT2D eigenvalue weighted by atomic mass is 15.0. The fourth-order valence-electron chi connectivity index (χ4n) is 2.79. The number of hydrogen-bond donors (Lipinski definition) is 2. The van der Waals surface area contributed by atoms with Gasteiger partial charge in [0.05, 0.1) is 0 Å². The molecule has 0 spiro atoms. The average molecular weight is 252 g/mol. The van der Waals surface area contributed by atoms with Gasteiger partial charge in [-0.2, -0.15) is 0 Å². The van der Waals surface area contributed by atoms with Gasteiger partial charge in [-0.25, -0.2) is 0 Å². The van der Waals surface area contributed by atoms with E-state index in [1.165, 1.54) is 11.1 Å². The van der Waals surface area contributed by atoms with Crippen LogP contribution in [-0.2, 0) is 6.54 Å². The molecule has 1 fully saturated rings. The Labute approximate surface area is 114 Å². The molecule has 0 aliphatic carbocycles. The monoisotopic (exact) mass is 252 g/mol. The van der Waals surface area contributed by atoms with E-state index >= 15 is 0 Å². The Morgan fingerprint density at radius 1 is 0.895 bits per heavy atom. The first-order valence-corrected chi connectivity index (χ1v) is 6.96. The van der Waals surface area contributed by atoms with Crippen LogP contribution in [0.25, 0.3) is 0 Å². The summed E-state index contributed by atoms with van der Waals surface area (Å²) in [5.74, 6) is 0.574. The topological polar surface area (TPSA) is 24.1 Å². The first kappa shape index (κ1) is 12.4. The largest absolute Gasteiger partial charge is 0.314 e. The van der Waals surface area contributed by atoms with Crippen LogP contribution in [-0.4, -0.2) is 19.1 Å². The fraction of sp³-hybridized carbons (Fsp3) is 0.294. The van der Waals surface area contributed by atoms with Crippen LogP contribution < -0.4 is 10.6 Å². The Balaban J connectivity index is 1.64. The summed E-state index contributed by atoms with van der Waals surface area (Å²) in [7, 11) is 0. The van der Waals surface area contributed by atoms with Gasteiger partial charge in [0, 0.05) is 31.6 Å². The quantitative estimate of drug-likeness (QED) is 0.874. The summed E-state index contributed by atoms with van der Waals surface area (Å²) in [6, 6.07) is 21.9. The molecular weight excluding hydrogens is 232 g/mol. The maximum Gasteiger partial charge on any atom is 0.0276 e. The molecule has 98 valence electrons. The first-order chi connectivity index (χ1) is 9.43. The lowest BCUT2D eigenvalue weighted by molar-refractivity contribution is 0.503. The summed E-state index contributed by atoms with van der Waals surface area (Å²) in [6.45, 7) is 3.05. The van der Waals surface area contributed by atoms with Crippen LogP contribution in [0.1, 0.15) is 17.0 Å². The van der Waals surface area contributed by atoms with Gasteiger partial charge in [0.25, 0.3) is 0 Å². The lowest BCUT2D eigenvalue weighted by Gasteiger charge is -2.20. The third-order valence-electron chi connectivity index (χ3n) is 3.85. The molecule has 0 aromatic heterocycles. The van der Waals surface area contributed by atoms with Crippen molar-refractivity contribution in [3.05, 3.63) is 71.8 Å². The van der Waals surface area contributed by atoms with Gasteiger partial charge in [0.1, 0.15) is 0 Å². The highest BCUT2D eigenvalue weighted by molar-refractivity contribution is 5.24. The summed E-state index contributed by atoms with van der Waals surface area (Å²) >= 11 is 0. The predicted octanol–water partition coefficient (Wildman–Crippen LogP) is 2.53. The van der Waals surface area contributed by atoms with Crippen molar-refractivity contribution in [2.75, 3.05) is 13.1 Å². The van der Waals surface area contributed by atoms with E-state index < -0.39 is 0 Å². The van der Waals surface area contributed by atoms with Crippen molar-refractivity contribution in [2.45, 2.75) is 18.5 Å². The first-order valence-electron chi connectivity index (χ1n) is 6.96. The van der Waals surface area contributed by atoms with E-state index in [0.717, 1.165) is 19.6 Å². The lowest BCUT2D eigenvalue weighted by Crippen LogP contribution is -2.34. The molecule has 0 saturated carbocycles. The van der Waals surface area contributed by atoms with E-state index in [1.54, 1.807) is 0 Å². The Bertz CT molecular complexity index is 495. The molecule has 2 nitrogen and oxygen atoms in total. The highest BCUT2D eigenvalue weighted by Crippen LogP contribution is 2.22. The molecule has 1 saturated heterocycles. The second-order valence-electron chi connectivity index (χ2n) is 5.15. The Morgan fingerprint density at radius 2 is 1.58 bits per heavy atom. The smallest absolute Gasteiger partial charge is 0.0276 e. The van der Waals surface area contributed by atoms with Crippen molar-refractivity contribution < 1.29 is 0 Å². The fourth-order valence-corrected chi connectivity index (χ4v) is 2.79. The molecule has 2 unspecified atom stereocenters.